The number of benzene rings is 1. The summed E-state index contributed by atoms with van der Waals surface area (Å²) in [5.74, 6) is 0.321. The predicted molar refractivity (Wildman–Crippen MR) is 91.5 cm³/mol. The Balaban J connectivity index is 2.06. The van der Waals surface area contributed by atoms with Crippen molar-refractivity contribution in [3.63, 3.8) is 0 Å². The molecule has 2 rings (SSSR count). The fourth-order valence-electron chi connectivity index (χ4n) is 3.04. The molecule has 0 fully saturated rings. The summed E-state index contributed by atoms with van der Waals surface area (Å²) in [4.78, 5) is 12.5. The number of amides is 1. The Morgan fingerprint density at radius 1 is 1.14 bits per heavy atom. The number of hydrogen-bond donors (Lipinski definition) is 1. The first kappa shape index (κ1) is 16.3. The minimum absolute atomic E-state index is 0.0165. The monoisotopic (exact) mass is 298 g/mol. The topological polar surface area (TPSA) is 34.0 Å². The molecule has 1 aromatic heterocycles. The highest BCUT2D eigenvalue weighted by Gasteiger charge is 2.17. The lowest BCUT2D eigenvalue weighted by molar-refractivity contribution is 0.0951. The molecular weight excluding hydrogens is 272 g/mol. The van der Waals surface area contributed by atoms with Crippen molar-refractivity contribution in [3.8, 4) is 0 Å². The highest BCUT2D eigenvalue weighted by atomic mass is 16.1. The van der Waals surface area contributed by atoms with Gasteiger partial charge in [0.2, 0.25) is 0 Å². The molecule has 2 aromatic rings. The van der Waals surface area contributed by atoms with Gasteiger partial charge in [-0.15, -0.1) is 0 Å². The molecule has 0 spiro atoms. The quantitative estimate of drug-likeness (QED) is 0.881. The summed E-state index contributed by atoms with van der Waals surface area (Å²) < 4.78 is 2.20. The van der Waals surface area contributed by atoms with Crippen molar-refractivity contribution in [3.05, 3.63) is 58.9 Å². The molecule has 0 saturated carbocycles. The van der Waals surface area contributed by atoms with Crippen LogP contribution < -0.4 is 5.32 Å². The van der Waals surface area contributed by atoms with E-state index in [4.69, 9.17) is 0 Å². The van der Waals surface area contributed by atoms with E-state index in [9.17, 15) is 4.79 Å². The second kappa shape index (κ2) is 6.82. The Morgan fingerprint density at radius 2 is 1.77 bits per heavy atom. The number of hydrogen-bond acceptors (Lipinski definition) is 1. The zero-order chi connectivity index (χ0) is 16.3. The lowest BCUT2D eigenvalue weighted by Gasteiger charge is -2.15. The third-order valence-electron chi connectivity index (χ3n) is 4.18. The van der Waals surface area contributed by atoms with Crippen molar-refractivity contribution in [1.82, 2.24) is 9.88 Å². The molecule has 22 heavy (non-hydrogen) atoms. The van der Waals surface area contributed by atoms with E-state index in [0.717, 1.165) is 17.0 Å². The average molecular weight is 298 g/mol. The van der Waals surface area contributed by atoms with Crippen LogP contribution in [-0.4, -0.2) is 17.0 Å². The van der Waals surface area contributed by atoms with Gasteiger partial charge in [0.05, 0.1) is 5.56 Å². The van der Waals surface area contributed by atoms with Gasteiger partial charge in [-0.05, 0) is 45.2 Å². The van der Waals surface area contributed by atoms with E-state index in [1.807, 2.05) is 31.2 Å². The van der Waals surface area contributed by atoms with Crippen LogP contribution in [0.3, 0.4) is 0 Å². The summed E-state index contributed by atoms with van der Waals surface area (Å²) in [6.45, 7) is 11.1. The molecule has 0 bridgehead atoms. The van der Waals surface area contributed by atoms with Crippen LogP contribution in [0.15, 0.2) is 36.4 Å². The van der Waals surface area contributed by atoms with E-state index in [1.165, 1.54) is 5.56 Å². The summed E-state index contributed by atoms with van der Waals surface area (Å²) in [7, 11) is 0. The molecule has 3 nitrogen and oxygen atoms in total. The van der Waals surface area contributed by atoms with Crippen molar-refractivity contribution in [2.75, 3.05) is 6.54 Å². The first-order valence-corrected chi connectivity index (χ1v) is 7.93. The van der Waals surface area contributed by atoms with Gasteiger partial charge in [0.1, 0.15) is 0 Å². The molecule has 0 aliphatic carbocycles. The number of aromatic nitrogens is 1. The number of nitrogens with zero attached hydrogens (tertiary/aromatic N) is 1. The van der Waals surface area contributed by atoms with E-state index in [-0.39, 0.29) is 5.91 Å². The first-order valence-electron chi connectivity index (χ1n) is 7.93. The number of carbonyl (C=O) groups excluding carboxylic acids is 1. The maximum Gasteiger partial charge on any atom is 0.253 e. The van der Waals surface area contributed by atoms with Crippen molar-refractivity contribution in [2.45, 2.75) is 46.6 Å². The van der Waals surface area contributed by atoms with Gasteiger partial charge in [-0.25, -0.2) is 0 Å². The van der Waals surface area contributed by atoms with Crippen molar-refractivity contribution in [1.29, 1.82) is 0 Å². The van der Waals surface area contributed by atoms with Crippen molar-refractivity contribution < 1.29 is 4.79 Å². The Morgan fingerprint density at radius 3 is 2.32 bits per heavy atom. The minimum atomic E-state index is 0.0165. The zero-order valence-corrected chi connectivity index (χ0v) is 14.2. The molecule has 0 saturated heterocycles. The maximum absolute atomic E-state index is 12.5. The molecule has 0 aliphatic heterocycles. The summed E-state index contributed by atoms with van der Waals surface area (Å²) in [5.41, 5.74) is 4.20. The number of aryl methyl sites for hydroxylation is 1. The highest BCUT2D eigenvalue weighted by Crippen LogP contribution is 2.20. The summed E-state index contributed by atoms with van der Waals surface area (Å²) in [6.07, 6.45) is 0. The second-order valence-corrected chi connectivity index (χ2v) is 6.27. The van der Waals surface area contributed by atoms with Crippen LogP contribution in [0.2, 0.25) is 0 Å². The molecule has 0 radical (unpaired) electrons. The third kappa shape index (κ3) is 3.41. The first-order chi connectivity index (χ1) is 10.4. The zero-order valence-electron chi connectivity index (χ0n) is 14.2. The molecule has 0 aliphatic rings. The second-order valence-electron chi connectivity index (χ2n) is 6.27. The fraction of sp³-hybridized carbons (Fsp3) is 0.421. The van der Waals surface area contributed by atoms with Gasteiger partial charge in [-0.1, -0.05) is 37.3 Å². The van der Waals surface area contributed by atoms with E-state index < -0.39 is 0 Å². The normalized spacial score (nSPS) is 12.5. The fourth-order valence-corrected chi connectivity index (χ4v) is 3.04. The van der Waals surface area contributed by atoms with Crippen molar-refractivity contribution in [2.24, 2.45) is 0 Å². The average Bonchev–Trinajstić information content (AvgIpc) is 2.80. The SMILES string of the molecule is Cc1cc(C(=O)NC[C@H](C)c2ccccc2)c(C)n1C(C)C. The van der Waals surface area contributed by atoms with Crippen LogP contribution in [0, 0.1) is 13.8 Å². The molecule has 1 amide bonds. The van der Waals surface area contributed by atoms with Crippen LogP contribution in [0.25, 0.3) is 0 Å². The summed E-state index contributed by atoms with van der Waals surface area (Å²) in [5, 5.41) is 3.07. The highest BCUT2D eigenvalue weighted by molar-refractivity contribution is 5.95. The van der Waals surface area contributed by atoms with Crippen LogP contribution >= 0.6 is 0 Å². The van der Waals surface area contributed by atoms with Gasteiger partial charge in [0, 0.05) is 24.0 Å². The van der Waals surface area contributed by atoms with E-state index in [0.29, 0.717) is 18.5 Å². The summed E-state index contributed by atoms with van der Waals surface area (Å²) in [6, 6.07) is 12.6. The Kier molecular flexibility index (Phi) is 5.07. The standard InChI is InChI=1S/C19H26N2O/c1-13(2)21-15(4)11-18(16(21)5)19(22)20-12-14(3)17-9-7-6-8-10-17/h6-11,13-14H,12H2,1-5H3,(H,20,22)/t14-/m0/s1. The summed E-state index contributed by atoms with van der Waals surface area (Å²) >= 11 is 0. The minimum Gasteiger partial charge on any atom is -0.351 e. The van der Waals surface area contributed by atoms with E-state index in [1.54, 1.807) is 0 Å². The van der Waals surface area contributed by atoms with E-state index >= 15 is 0 Å². The lowest BCUT2D eigenvalue weighted by atomic mass is 10.0. The van der Waals surface area contributed by atoms with Crippen LogP contribution in [0.1, 0.15) is 60.0 Å². The third-order valence-corrected chi connectivity index (χ3v) is 4.18. The Labute approximate surface area is 133 Å². The van der Waals surface area contributed by atoms with Crippen LogP contribution in [-0.2, 0) is 0 Å². The Bertz CT molecular complexity index is 641. The number of rotatable bonds is 5. The lowest BCUT2D eigenvalue weighted by Crippen LogP contribution is -2.28. The molecule has 3 heteroatoms. The molecule has 0 unspecified atom stereocenters. The van der Waals surface area contributed by atoms with Gasteiger partial charge in [0.15, 0.2) is 0 Å². The van der Waals surface area contributed by atoms with Gasteiger partial charge < -0.3 is 9.88 Å². The van der Waals surface area contributed by atoms with Gasteiger partial charge in [0.25, 0.3) is 5.91 Å². The van der Waals surface area contributed by atoms with Crippen LogP contribution in [0.5, 0.6) is 0 Å². The smallest absolute Gasteiger partial charge is 0.253 e. The predicted octanol–water partition coefficient (Wildman–Crippen LogP) is 4.22. The Hall–Kier alpha value is -2.03. The molecule has 1 atom stereocenters. The van der Waals surface area contributed by atoms with Crippen LogP contribution in [0.4, 0.5) is 0 Å². The number of nitrogens with one attached hydrogen (secondary N) is 1. The molecule has 1 N–H and O–H groups in total. The van der Waals surface area contributed by atoms with Gasteiger partial charge in [-0.3, -0.25) is 4.79 Å². The largest absolute Gasteiger partial charge is 0.351 e. The van der Waals surface area contributed by atoms with Gasteiger partial charge >= 0.3 is 0 Å². The number of carbonyl (C=O) groups is 1. The maximum atomic E-state index is 12.5. The molecule has 1 heterocycles. The molecule has 118 valence electrons. The molecule has 1 aromatic carbocycles. The van der Waals surface area contributed by atoms with Crippen molar-refractivity contribution >= 4 is 5.91 Å². The van der Waals surface area contributed by atoms with Gasteiger partial charge in [-0.2, -0.15) is 0 Å². The molecular formula is C19H26N2O. The van der Waals surface area contributed by atoms with E-state index in [2.05, 4.69) is 49.7 Å².